The molecule has 0 bridgehead atoms. The molecule has 1 saturated heterocycles. The van der Waals surface area contributed by atoms with E-state index < -0.39 is 0 Å². The van der Waals surface area contributed by atoms with Crippen LogP contribution >= 0.6 is 15.9 Å². The lowest BCUT2D eigenvalue weighted by molar-refractivity contribution is 0.313. The highest BCUT2D eigenvalue weighted by atomic mass is 79.9. The third-order valence-corrected chi connectivity index (χ3v) is 3.65. The summed E-state index contributed by atoms with van der Waals surface area (Å²) in [6.45, 7) is 4.60. The Bertz CT molecular complexity index is 373. The van der Waals surface area contributed by atoms with Gasteiger partial charge in [0.2, 0.25) is 0 Å². The summed E-state index contributed by atoms with van der Waals surface area (Å²) in [7, 11) is 0. The fourth-order valence-corrected chi connectivity index (χ4v) is 2.45. The molecule has 1 heterocycles. The largest absolute Gasteiger partial charge is 0.326 e. The van der Waals surface area contributed by atoms with Gasteiger partial charge in [0.05, 0.1) is 0 Å². The summed E-state index contributed by atoms with van der Waals surface area (Å²) in [4.78, 5) is 2.21. The number of nitrogens with two attached hydrogens (primary N) is 1. The summed E-state index contributed by atoms with van der Waals surface area (Å²) in [6.07, 6.45) is 0. The minimum atomic E-state index is -0.150. The van der Waals surface area contributed by atoms with Crippen molar-refractivity contribution in [3.63, 3.8) is 0 Å². The third kappa shape index (κ3) is 2.62. The number of benzene rings is 1. The van der Waals surface area contributed by atoms with Crippen LogP contribution < -0.4 is 5.73 Å². The lowest BCUT2D eigenvalue weighted by Crippen LogP contribution is -2.28. The van der Waals surface area contributed by atoms with Gasteiger partial charge in [0.1, 0.15) is 5.82 Å². The summed E-state index contributed by atoms with van der Waals surface area (Å²) in [5.41, 5.74) is 6.68. The van der Waals surface area contributed by atoms with E-state index >= 15 is 0 Å². The van der Waals surface area contributed by atoms with Crippen LogP contribution in [0.25, 0.3) is 0 Å². The molecule has 2 atom stereocenters. The van der Waals surface area contributed by atoms with Gasteiger partial charge in [0, 0.05) is 35.7 Å². The zero-order chi connectivity index (χ0) is 11.7. The predicted octanol–water partition coefficient (Wildman–Crippen LogP) is 2.37. The average molecular weight is 287 g/mol. The number of likely N-dealkylation sites (tertiary alicyclic amines) is 1. The monoisotopic (exact) mass is 286 g/mol. The number of rotatable bonds is 2. The molecule has 0 radical (unpaired) electrons. The van der Waals surface area contributed by atoms with E-state index in [0.29, 0.717) is 12.5 Å². The van der Waals surface area contributed by atoms with Crippen molar-refractivity contribution >= 4 is 15.9 Å². The van der Waals surface area contributed by atoms with Gasteiger partial charge in [-0.1, -0.05) is 28.9 Å². The van der Waals surface area contributed by atoms with Crippen molar-refractivity contribution in [2.45, 2.75) is 19.5 Å². The fourth-order valence-electron chi connectivity index (χ4n) is 2.12. The molecule has 0 aliphatic carbocycles. The van der Waals surface area contributed by atoms with Gasteiger partial charge in [0.15, 0.2) is 0 Å². The molecule has 2 N–H and O–H groups in total. The van der Waals surface area contributed by atoms with Gasteiger partial charge >= 0.3 is 0 Å². The van der Waals surface area contributed by atoms with E-state index in [9.17, 15) is 4.39 Å². The molecule has 1 aliphatic heterocycles. The Balaban J connectivity index is 2.05. The van der Waals surface area contributed by atoms with Crippen LogP contribution in [-0.4, -0.2) is 24.0 Å². The first-order chi connectivity index (χ1) is 7.56. The molecule has 1 fully saturated rings. The molecule has 88 valence electrons. The third-order valence-electron chi connectivity index (χ3n) is 3.16. The lowest BCUT2D eigenvalue weighted by atomic mass is 10.1. The van der Waals surface area contributed by atoms with Gasteiger partial charge in [-0.05, 0) is 18.1 Å². The Labute approximate surface area is 104 Å². The van der Waals surface area contributed by atoms with Crippen molar-refractivity contribution < 1.29 is 4.39 Å². The SMILES string of the molecule is CC1CN(Cc2ccc(Br)cc2F)CC1N. The van der Waals surface area contributed by atoms with Crippen LogP contribution in [-0.2, 0) is 6.54 Å². The summed E-state index contributed by atoms with van der Waals surface area (Å²) in [5, 5.41) is 0. The Hall–Kier alpha value is -0.450. The molecule has 4 heteroatoms. The van der Waals surface area contributed by atoms with Gasteiger partial charge in [-0.2, -0.15) is 0 Å². The van der Waals surface area contributed by atoms with Crippen molar-refractivity contribution in [1.29, 1.82) is 0 Å². The topological polar surface area (TPSA) is 29.3 Å². The van der Waals surface area contributed by atoms with Crippen LogP contribution in [0.5, 0.6) is 0 Å². The van der Waals surface area contributed by atoms with Crippen molar-refractivity contribution in [3.8, 4) is 0 Å². The number of nitrogens with zero attached hydrogens (tertiary/aromatic N) is 1. The van der Waals surface area contributed by atoms with Gasteiger partial charge in [-0.25, -0.2) is 4.39 Å². The minimum absolute atomic E-state index is 0.150. The first-order valence-corrected chi connectivity index (χ1v) is 6.27. The quantitative estimate of drug-likeness (QED) is 0.905. The minimum Gasteiger partial charge on any atom is -0.326 e. The van der Waals surface area contributed by atoms with Crippen LogP contribution in [0.2, 0.25) is 0 Å². The highest BCUT2D eigenvalue weighted by Crippen LogP contribution is 2.20. The van der Waals surface area contributed by atoms with Crippen LogP contribution in [0.15, 0.2) is 22.7 Å². The second kappa shape index (κ2) is 4.82. The summed E-state index contributed by atoms with van der Waals surface area (Å²) >= 11 is 3.25. The molecule has 1 aromatic carbocycles. The maximum atomic E-state index is 13.6. The van der Waals surface area contributed by atoms with Gasteiger partial charge in [-0.15, -0.1) is 0 Å². The van der Waals surface area contributed by atoms with Crippen molar-refractivity contribution in [2.24, 2.45) is 11.7 Å². The molecule has 0 amide bonds. The molecule has 0 aromatic heterocycles. The van der Waals surface area contributed by atoms with Crippen LogP contribution in [0.3, 0.4) is 0 Å². The fraction of sp³-hybridized carbons (Fsp3) is 0.500. The number of hydrogen-bond acceptors (Lipinski definition) is 2. The van der Waals surface area contributed by atoms with E-state index in [1.54, 1.807) is 0 Å². The molecule has 1 aliphatic rings. The zero-order valence-corrected chi connectivity index (χ0v) is 10.9. The molecular formula is C12H16BrFN2. The van der Waals surface area contributed by atoms with E-state index in [1.165, 1.54) is 6.07 Å². The summed E-state index contributed by atoms with van der Waals surface area (Å²) in [6, 6.07) is 5.43. The molecule has 0 saturated carbocycles. The van der Waals surface area contributed by atoms with Gasteiger partial charge in [0.25, 0.3) is 0 Å². The van der Waals surface area contributed by atoms with Crippen LogP contribution in [0.4, 0.5) is 4.39 Å². The molecular weight excluding hydrogens is 271 g/mol. The first-order valence-electron chi connectivity index (χ1n) is 5.48. The molecule has 2 nitrogen and oxygen atoms in total. The number of hydrogen-bond donors (Lipinski definition) is 1. The van der Waals surface area contributed by atoms with E-state index in [4.69, 9.17) is 5.73 Å². The Morgan fingerprint density at radius 3 is 2.81 bits per heavy atom. The average Bonchev–Trinajstić information content (AvgIpc) is 2.51. The molecule has 16 heavy (non-hydrogen) atoms. The highest BCUT2D eigenvalue weighted by Gasteiger charge is 2.26. The number of halogens is 2. The zero-order valence-electron chi connectivity index (χ0n) is 9.29. The maximum Gasteiger partial charge on any atom is 0.128 e. The van der Waals surface area contributed by atoms with E-state index in [0.717, 1.165) is 23.1 Å². The second-order valence-corrected chi connectivity index (χ2v) is 5.49. The van der Waals surface area contributed by atoms with Gasteiger partial charge < -0.3 is 5.73 Å². The second-order valence-electron chi connectivity index (χ2n) is 4.57. The van der Waals surface area contributed by atoms with Crippen LogP contribution in [0.1, 0.15) is 12.5 Å². The normalized spacial score (nSPS) is 26.2. The molecule has 2 rings (SSSR count). The van der Waals surface area contributed by atoms with Crippen molar-refractivity contribution in [2.75, 3.05) is 13.1 Å². The Morgan fingerprint density at radius 1 is 1.50 bits per heavy atom. The first kappa shape index (κ1) is 12.0. The smallest absolute Gasteiger partial charge is 0.128 e. The summed E-state index contributed by atoms with van der Waals surface area (Å²) < 4.78 is 14.4. The lowest BCUT2D eigenvalue weighted by Gasteiger charge is -2.15. The van der Waals surface area contributed by atoms with Crippen LogP contribution in [0, 0.1) is 11.7 Å². The summed E-state index contributed by atoms with van der Waals surface area (Å²) in [5.74, 6) is 0.348. The standard InChI is InChI=1S/C12H16BrFN2/c1-8-5-16(7-12(8)15)6-9-2-3-10(13)4-11(9)14/h2-4,8,12H,5-7,15H2,1H3. The Kier molecular flexibility index (Phi) is 3.62. The Morgan fingerprint density at radius 2 is 2.25 bits per heavy atom. The molecule has 1 aromatic rings. The van der Waals surface area contributed by atoms with Gasteiger partial charge in [-0.3, -0.25) is 4.90 Å². The maximum absolute atomic E-state index is 13.6. The van der Waals surface area contributed by atoms with Crippen molar-refractivity contribution in [3.05, 3.63) is 34.1 Å². The van der Waals surface area contributed by atoms with E-state index in [1.807, 2.05) is 12.1 Å². The van der Waals surface area contributed by atoms with E-state index in [-0.39, 0.29) is 11.9 Å². The highest BCUT2D eigenvalue weighted by molar-refractivity contribution is 9.10. The predicted molar refractivity (Wildman–Crippen MR) is 66.5 cm³/mol. The molecule has 0 spiro atoms. The molecule has 2 unspecified atom stereocenters. The van der Waals surface area contributed by atoms with E-state index in [2.05, 4.69) is 27.8 Å². The van der Waals surface area contributed by atoms with Crippen molar-refractivity contribution in [1.82, 2.24) is 4.90 Å².